The van der Waals surface area contributed by atoms with E-state index in [0.29, 0.717) is 12.6 Å². The maximum Gasteiger partial charge on any atom is 0.137 e. The van der Waals surface area contributed by atoms with Crippen LogP contribution in [0.15, 0.2) is 6.33 Å². The molecule has 0 unspecified atom stereocenters. The van der Waals surface area contributed by atoms with Crippen LogP contribution in [-0.4, -0.2) is 41.3 Å². The second-order valence-electron chi connectivity index (χ2n) is 4.54. The van der Waals surface area contributed by atoms with E-state index in [1.165, 1.54) is 0 Å². The summed E-state index contributed by atoms with van der Waals surface area (Å²) in [6.45, 7) is 7.07. The molecule has 0 fully saturated rings. The third-order valence-electron chi connectivity index (χ3n) is 2.90. The molecule has 0 aliphatic heterocycles. The fourth-order valence-corrected chi connectivity index (χ4v) is 2.06. The van der Waals surface area contributed by atoms with E-state index >= 15 is 0 Å². The van der Waals surface area contributed by atoms with Crippen molar-refractivity contribution in [2.75, 3.05) is 30.4 Å². The Hall–Kier alpha value is -1.36. The minimum atomic E-state index is 0.128. The highest BCUT2D eigenvalue weighted by atomic mass is 16.3. The summed E-state index contributed by atoms with van der Waals surface area (Å²) in [5, 5.41) is 12.3. The topological polar surface area (TPSA) is 61.3 Å². The lowest BCUT2D eigenvalue weighted by molar-refractivity contribution is 0.298. The highest BCUT2D eigenvalue weighted by Gasteiger charge is 2.18. The van der Waals surface area contributed by atoms with Crippen molar-refractivity contribution < 1.29 is 5.11 Å². The van der Waals surface area contributed by atoms with E-state index in [0.717, 1.165) is 30.0 Å². The predicted octanol–water partition coefficient (Wildman–Crippen LogP) is 1.68. The average molecular weight is 252 g/mol. The van der Waals surface area contributed by atoms with Crippen molar-refractivity contribution in [3.63, 3.8) is 0 Å². The van der Waals surface area contributed by atoms with Crippen LogP contribution in [0.2, 0.25) is 0 Å². The van der Waals surface area contributed by atoms with Crippen molar-refractivity contribution in [2.45, 2.75) is 39.7 Å². The van der Waals surface area contributed by atoms with Gasteiger partial charge in [-0.3, -0.25) is 0 Å². The molecule has 1 aromatic heterocycles. The Balaban J connectivity index is 3.18. The van der Waals surface area contributed by atoms with Crippen LogP contribution < -0.4 is 10.2 Å². The molecular formula is C13H24N4O. The third-order valence-corrected chi connectivity index (χ3v) is 2.90. The van der Waals surface area contributed by atoms with Crippen molar-refractivity contribution in [2.24, 2.45) is 0 Å². The van der Waals surface area contributed by atoms with Gasteiger partial charge in [-0.05, 0) is 20.3 Å². The summed E-state index contributed by atoms with van der Waals surface area (Å²) in [5.41, 5.74) is 1.13. The van der Waals surface area contributed by atoms with Crippen LogP contribution in [-0.2, 0) is 6.42 Å². The zero-order chi connectivity index (χ0) is 13.5. The van der Waals surface area contributed by atoms with E-state index < -0.39 is 0 Å². The van der Waals surface area contributed by atoms with Crippen LogP contribution >= 0.6 is 0 Å². The van der Waals surface area contributed by atoms with E-state index in [1.54, 1.807) is 6.33 Å². The van der Waals surface area contributed by atoms with Crippen molar-refractivity contribution in [3.8, 4) is 0 Å². The molecule has 0 spiro atoms. The molecule has 5 nitrogen and oxygen atoms in total. The lowest BCUT2D eigenvalue weighted by atomic mass is 10.1. The van der Waals surface area contributed by atoms with Crippen molar-refractivity contribution >= 4 is 11.6 Å². The first kappa shape index (κ1) is 14.7. The molecule has 0 saturated heterocycles. The van der Waals surface area contributed by atoms with E-state index in [2.05, 4.69) is 41.0 Å². The maximum absolute atomic E-state index is 9.19. The molecule has 102 valence electrons. The summed E-state index contributed by atoms with van der Waals surface area (Å²) < 4.78 is 0. The lowest BCUT2D eigenvalue weighted by Gasteiger charge is -2.29. The van der Waals surface area contributed by atoms with Crippen LogP contribution in [0.3, 0.4) is 0 Å². The van der Waals surface area contributed by atoms with Crippen LogP contribution in [0.1, 0.15) is 32.8 Å². The molecule has 18 heavy (non-hydrogen) atoms. The quantitative estimate of drug-likeness (QED) is 0.773. The molecule has 2 N–H and O–H groups in total. The maximum atomic E-state index is 9.19. The molecule has 0 aliphatic rings. The molecule has 1 heterocycles. The first-order chi connectivity index (χ1) is 8.65. The second kappa shape index (κ2) is 7.16. The van der Waals surface area contributed by atoms with Gasteiger partial charge in [0.25, 0.3) is 0 Å². The summed E-state index contributed by atoms with van der Waals surface area (Å²) in [5.74, 6) is 1.81. The Morgan fingerprint density at radius 1 is 1.39 bits per heavy atom. The molecule has 0 saturated carbocycles. The van der Waals surface area contributed by atoms with Gasteiger partial charge in [0, 0.05) is 25.2 Å². The van der Waals surface area contributed by atoms with Gasteiger partial charge in [0.05, 0.1) is 6.61 Å². The summed E-state index contributed by atoms with van der Waals surface area (Å²) >= 11 is 0. The smallest absolute Gasteiger partial charge is 0.137 e. The Kier molecular flexibility index (Phi) is 5.85. The summed E-state index contributed by atoms with van der Waals surface area (Å²) in [6, 6.07) is 0.298. The molecule has 5 heteroatoms. The number of aliphatic hydroxyl groups excluding tert-OH is 1. The van der Waals surface area contributed by atoms with Crippen molar-refractivity contribution in [1.82, 2.24) is 9.97 Å². The molecule has 1 rings (SSSR count). The number of rotatable bonds is 7. The van der Waals surface area contributed by atoms with Crippen LogP contribution in [0.5, 0.6) is 0 Å². The van der Waals surface area contributed by atoms with Gasteiger partial charge in [-0.25, -0.2) is 9.97 Å². The summed E-state index contributed by atoms with van der Waals surface area (Å²) in [6.07, 6.45) is 3.55. The molecular weight excluding hydrogens is 228 g/mol. The zero-order valence-corrected chi connectivity index (χ0v) is 11.8. The van der Waals surface area contributed by atoms with Gasteiger partial charge >= 0.3 is 0 Å². The average Bonchev–Trinajstić information content (AvgIpc) is 2.36. The van der Waals surface area contributed by atoms with Gasteiger partial charge in [0.2, 0.25) is 0 Å². The summed E-state index contributed by atoms with van der Waals surface area (Å²) in [4.78, 5) is 10.8. The Labute approximate surface area is 109 Å². The fraction of sp³-hybridized carbons (Fsp3) is 0.692. The Morgan fingerprint density at radius 2 is 2.11 bits per heavy atom. The Bertz CT molecular complexity index is 368. The highest BCUT2D eigenvalue weighted by molar-refractivity contribution is 5.59. The standard InChI is InChI=1S/C13H24N4O/c1-5-6-11-12(14-4)15-9-16-13(11)17(7-8-18)10(2)3/h9-10,18H,5-8H2,1-4H3,(H,14,15,16). The van der Waals surface area contributed by atoms with E-state index in [-0.39, 0.29) is 6.61 Å². The van der Waals surface area contributed by atoms with E-state index in [4.69, 9.17) is 0 Å². The third kappa shape index (κ3) is 3.32. The summed E-state index contributed by atoms with van der Waals surface area (Å²) in [7, 11) is 1.87. The largest absolute Gasteiger partial charge is 0.395 e. The number of nitrogens with zero attached hydrogens (tertiary/aromatic N) is 3. The number of hydrogen-bond donors (Lipinski definition) is 2. The molecule has 0 radical (unpaired) electrons. The number of anilines is 2. The number of aliphatic hydroxyl groups is 1. The highest BCUT2D eigenvalue weighted by Crippen LogP contribution is 2.25. The second-order valence-corrected chi connectivity index (χ2v) is 4.54. The van der Waals surface area contributed by atoms with E-state index in [9.17, 15) is 5.11 Å². The van der Waals surface area contributed by atoms with Crippen molar-refractivity contribution in [3.05, 3.63) is 11.9 Å². The van der Waals surface area contributed by atoms with Crippen LogP contribution in [0.25, 0.3) is 0 Å². The normalized spacial score (nSPS) is 10.8. The van der Waals surface area contributed by atoms with Gasteiger partial charge in [-0.2, -0.15) is 0 Å². The monoisotopic (exact) mass is 252 g/mol. The first-order valence-electron chi connectivity index (χ1n) is 6.54. The number of hydrogen-bond acceptors (Lipinski definition) is 5. The minimum Gasteiger partial charge on any atom is -0.395 e. The predicted molar refractivity (Wildman–Crippen MR) is 75.1 cm³/mol. The zero-order valence-electron chi connectivity index (χ0n) is 11.8. The minimum absolute atomic E-state index is 0.128. The molecule has 0 aliphatic carbocycles. The van der Waals surface area contributed by atoms with Crippen LogP contribution in [0.4, 0.5) is 11.6 Å². The SMILES string of the molecule is CCCc1c(NC)ncnc1N(CCO)C(C)C. The molecule has 0 atom stereocenters. The fourth-order valence-electron chi connectivity index (χ4n) is 2.06. The van der Waals surface area contributed by atoms with Gasteiger partial charge in [-0.15, -0.1) is 0 Å². The number of nitrogens with one attached hydrogen (secondary N) is 1. The molecule has 0 bridgehead atoms. The van der Waals surface area contributed by atoms with Gasteiger partial charge in [-0.1, -0.05) is 13.3 Å². The van der Waals surface area contributed by atoms with Crippen molar-refractivity contribution in [1.29, 1.82) is 0 Å². The van der Waals surface area contributed by atoms with Gasteiger partial charge in [0.15, 0.2) is 0 Å². The van der Waals surface area contributed by atoms with E-state index in [1.807, 2.05) is 7.05 Å². The van der Waals surface area contributed by atoms with Gasteiger partial charge < -0.3 is 15.3 Å². The first-order valence-corrected chi connectivity index (χ1v) is 6.54. The molecule has 0 aromatic carbocycles. The number of aromatic nitrogens is 2. The van der Waals surface area contributed by atoms with Gasteiger partial charge in [0.1, 0.15) is 18.0 Å². The molecule has 1 aromatic rings. The molecule has 0 amide bonds. The van der Waals surface area contributed by atoms with Crippen LogP contribution in [0, 0.1) is 0 Å². The Morgan fingerprint density at radius 3 is 2.61 bits per heavy atom. The lowest BCUT2D eigenvalue weighted by Crippen LogP contribution is -2.35.